The molecule has 27 heavy (non-hydrogen) atoms. The van der Waals surface area contributed by atoms with Gasteiger partial charge >= 0.3 is 5.69 Å². The highest BCUT2D eigenvalue weighted by molar-refractivity contribution is 6.30. The molecule has 0 fully saturated rings. The monoisotopic (exact) mass is 393 g/mol. The number of rotatable bonds is 6. The van der Waals surface area contributed by atoms with Gasteiger partial charge in [0.15, 0.2) is 0 Å². The number of amides is 2. The molecule has 0 bridgehead atoms. The molecule has 0 saturated carbocycles. The molecular formula is C18H17ClFN3O4. The highest BCUT2D eigenvalue weighted by Gasteiger charge is 2.25. The molecule has 0 aliphatic rings. The van der Waals surface area contributed by atoms with Crippen molar-refractivity contribution < 1.29 is 18.9 Å². The summed E-state index contributed by atoms with van der Waals surface area (Å²) in [6.45, 7) is 3.47. The van der Waals surface area contributed by atoms with Crippen LogP contribution in [0.4, 0.5) is 15.8 Å². The summed E-state index contributed by atoms with van der Waals surface area (Å²) in [4.78, 5) is 34.8. The predicted molar refractivity (Wildman–Crippen MR) is 99.2 cm³/mol. The van der Waals surface area contributed by atoms with Crippen LogP contribution in [0.2, 0.25) is 5.02 Å². The molecule has 2 N–H and O–H groups in total. The van der Waals surface area contributed by atoms with E-state index in [2.05, 4.69) is 10.6 Å². The number of halogens is 2. The van der Waals surface area contributed by atoms with Crippen molar-refractivity contribution in [2.75, 3.05) is 5.32 Å². The molecule has 7 nitrogen and oxygen atoms in total. The summed E-state index contributed by atoms with van der Waals surface area (Å²) < 4.78 is 13.4. The zero-order valence-corrected chi connectivity index (χ0v) is 15.3. The normalized spacial score (nSPS) is 11.7. The number of hydrogen-bond donors (Lipinski definition) is 2. The number of nitrogens with zero attached hydrogens (tertiary/aromatic N) is 1. The molecule has 142 valence electrons. The van der Waals surface area contributed by atoms with Crippen LogP contribution < -0.4 is 10.6 Å². The largest absolute Gasteiger partial charge is 0.340 e. The van der Waals surface area contributed by atoms with Gasteiger partial charge in [0.1, 0.15) is 6.04 Å². The van der Waals surface area contributed by atoms with Crippen molar-refractivity contribution in [3.8, 4) is 0 Å². The van der Waals surface area contributed by atoms with Gasteiger partial charge in [0.05, 0.1) is 4.92 Å². The molecule has 1 atom stereocenters. The average Bonchev–Trinajstić information content (AvgIpc) is 2.61. The lowest BCUT2D eigenvalue weighted by atomic mass is 10.0. The highest BCUT2D eigenvalue weighted by Crippen LogP contribution is 2.22. The van der Waals surface area contributed by atoms with Crippen LogP contribution in [0.1, 0.15) is 24.2 Å². The summed E-state index contributed by atoms with van der Waals surface area (Å²) in [6.07, 6.45) is 0. The van der Waals surface area contributed by atoms with Gasteiger partial charge in [-0.25, -0.2) is 0 Å². The van der Waals surface area contributed by atoms with Crippen molar-refractivity contribution in [3.63, 3.8) is 0 Å². The van der Waals surface area contributed by atoms with Gasteiger partial charge in [-0.1, -0.05) is 25.4 Å². The number of benzene rings is 2. The van der Waals surface area contributed by atoms with Crippen molar-refractivity contribution in [2.45, 2.75) is 19.9 Å². The van der Waals surface area contributed by atoms with Crippen molar-refractivity contribution in [1.82, 2.24) is 5.32 Å². The lowest BCUT2D eigenvalue weighted by Crippen LogP contribution is -2.47. The number of hydrogen-bond acceptors (Lipinski definition) is 4. The topological polar surface area (TPSA) is 101 Å². The summed E-state index contributed by atoms with van der Waals surface area (Å²) in [7, 11) is 0. The minimum atomic E-state index is -1.01. The SMILES string of the molecule is CC(C)[C@H](NC(=O)c1ccc(Cl)cc1)C(=O)Nc1ccc(F)c([N+](=O)[O-])c1. The van der Waals surface area contributed by atoms with Gasteiger partial charge < -0.3 is 10.6 Å². The Morgan fingerprint density at radius 1 is 1.15 bits per heavy atom. The number of carbonyl (C=O) groups excluding carboxylic acids is 2. The van der Waals surface area contributed by atoms with Crippen LogP contribution in [0.25, 0.3) is 0 Å². The highest BCUT2D eigenvalue weighted by atomic mass is 35.5. The molecule has 2 amide bonds. The fraction of sp³-hybridized carbons (Fsp3) is 0.222. The molecule has 2 rings (SSSR count). The first-order valence-corrected chi connectivity index (χ1v) is 8.38. The standard InChI is InChI=1S/C18H17ClFN3O4/c1-10(2)16(22-17(24)11-3-5-12(19)6-4-11)18(25)21-13-7-8-14(20)15(9-13)23(26)27/h3-10,16H,1-2H3,(H,21,25)(H,22,24)/t16-/m0/s1. The van der Waals surface area contributed by atoms with E-state index in [0.29, 0.717) is 10.6 Å². The summed E-state index contributed by atoms with van der Waals surface area (Å²) >= 11 is 5.79. The third-order valence-corrected chi connectivity index (χ3v) is 4.00. The summed E-state index contributed by atoms with van der Waals surface area (Å²) in [6, 6.07) is 8.27. The summed E-state index contributed by atoms with van der Waals surface area (Å²) in [5, 5.41) is 16.4. The molecule has 0 spiro atoms. The lowest BCUT2D eigenvalue weighted by Gasteiger charge is -2.21. The molecule has 0 radical (unpaired) electrons. The molecule has 0 saturated heterocycles. The van der Waals surface area contributed by atoms with E-state index in [9.17, 15) is 24.1 Å². The van der Waals surface area contributed by atoms with Gasteiger partial charge in [0.25, 0.3) is 5.91 Å². The summed E-state index contributed by atoms with van der Waals surface area (Å²) in [5.41, 5.74) is -0.367. The first kappa shape index (κ1) is 20.3. The van der Waals surface area contributed by atoms with E-state index < -0.39 is 34.3 Å². The second-order valence-corrected chi connectivity index (χ2v) is 6.55. The van der Waals surface area contributed by atoms with Gasteiger partial charge in [-0.3, -0.25) is 19.7 Å². The van der Waals surface area contributed by atoms with E-state index in [1.165, 1.54) is 18.2 Å². The Hall–Kier alpha value is -3.00. The van der Waals surface area contributed by atoms with Crippen LogP contribution in [-0.4, -0.2) is 22.8 Å². The Balaban J connectivity index is 2.15. The van der Waals surface area contributed by atoms with Crippen LogP contribution in [-0.2, 0) is 4.79 Å². The molecule has 0 unspecified atom stereocenters. The van der Waals surface area contributed by atoms with Gasteiger partial charge in [-0.2, -0.15) is 4.39 Å². The maximum absolute atomic E-state index is 13.4. The third kappa shape index (κ3) is 5.24. The molecule has 9 heteroatoms. The average molecular weight is 394 g/mol. The first-order chi connectivity index (χ1) is 12.7. The van der Waals surface area contributed by atoms with Crippen molar-refractivity contribution in [1.29, 1.82) is 0 Å². The van der Waals surface area contributed by atoms with Crippen LogP contribution in [0.5, 0.6) is 0 Å². The zero-order valence-electron chi connectivity index (χ0n) is 14.5. The number of nitro groups is 1. The zero-order chi connectivity index (χ0) is 20.1. The Morgan fingerprint density at radius 2 is 1.78 bits per heavy atom. The minimum Gasteiger partial charge on any atom is -0.340 e. The molecule has 2 aromatic carbocycles. The molecule has 0 aromatic heterocycles. The van der Waals surface area contributed by atoms with Gasteiger partial charge in [-0.15, -0.1) is 0 Å². The van der Waals surface area contributed by atoms with Crippen LogP contribution >= 0.6 is 11.6 Å². The number of anilines is 1. The predicted octanol–water partition coefficient (Wildman–Crippen LogP) is 3.78. The van der Waals surface area contributed by atoms with Gasteiger partial charge in [0, 0.05) is 22.3 Å². The van der Waals surface area contributed by atoms with E-state index in [0.717, 1.165) is 12.1 Å². The van der Waals surface area contributed by atoms with E-state index in [1.54, 1.807) is 26.0 Å². The van der Waals surface area contributed by atoms with E-state index in [-0.39, 0.29) is 11.6 Å². The van der Waals surface area contributed by atoms with Crippen LogP contribution in [0, 0.1) is 21.8 Å². The fourth-order valence-corrected chi connectivity index (χ4v) is 2.44. The third-order valence-electron chi connectivity index (χ3n) is 3.75. The Labute approximate surface area is 159 Å². The Morgan fingerprint density at radius 3 is 2.33 bits per heavy atom. The van der Waals surface area contributed by atoms with E-state index in [1.807, 2.05) is 0 Å². The second kappa shape index (κ2) is 8.59. The lowest BCUT2D eigenvalue weighted by molar-refractivity contribution is -0.387. The molecule has 2 aromatic rings. The molecule has 0 heterocycles. The van der Waals surface area contributed by atoms with Crippen molar-refractivity contribution >= 4 is 34.8 Å². The van der Waals surface area contributed by atoms with Crippen molar-refractivity contribution in [3.05, 3.63) is 69.0 Å². The maximum Gasteiger partial charge on any atom is 0.306 e. The van der Waals surface area contributed by atoms with Crippen LogP contribution in [0.15, 0.2) is 42.5 Å². The smallest absolute Gasteiger partial charge is 0.306 e. The van der Waals surface area contributed by atoms with Gasteiger partial charge in [-0.05, 0) is 42.3 Å². The molecular weight excluding hydrogens is 377 g/mol. The summed E-state index contributed by atoms with van der Waals surface area (Å²) in [5.74, 6) is -2.31. The second-order valence-electron chi connectivity index (χ2n) is 6.11. The Kier molecular flexibility index (Phi) is 6.46. The maximum atomic E-state index is 13.4. The number of nitro benzene ring substituents is 1. The first-order valence-electron chi connectivity index (χ1n) is 8.00. The molecule has 0 aliphatic heterocycles. The van der Waals surface area contributed by atoms with E-state index >= 15 is 0 Å². The molecule has 0 aliphatic carbocycles. The fourth-order valence-electron chi connectivity index (χ4n) is 2.31. The van der Waals surface area contributed by atoms with E-state index in [4.69, 9.17) is 11.6 Å². The quantitative estimate of drug-likeness (QED) is 0.576. The number of carbonyl (C=O) groups is 2. The number of nitrogens with one attached hydrogen (secondary N) is 2. The van der Waals surface area contributed by atoms with Crippen molar-refractivity contribution in [2.24, 2.45) is 5.92 Å². The van der Waals surface area contributed by atoms with Gasteiger partial charge in [0.2, 0.25) is 11.7 Å². The van der Waals surface area contributed by atoms with Crippen LogP contribution in [0.3, 0.4) is 0 Å². The Bertz CT molecular complexity index is 871. The minimum absolute atomic E-state index is 0.0551.